The zero-order chi connectivity index (χ0) is 26.1. The smallest absolute Gasteiger partial charge is 0.255 e. The Morgan fingerprint density at radius 1 is 1.11 bits per heavy atom. The number of anilines is 1. The minimum atomic E-state index is -1.61. The third kappa shape index (κ3) is 5.10. The third-order valence-electron chi connectivity index (χ3n) is 5.89. The van der Waals surface area contributed by atoms with Crippen LogP contribution in [-0.2, 0) is 24.1 Å². The molecule has 1 aliphatic rings. The molecule has 0 aliphatic carbocycles. The van der Waals surface area contributed by atoms with E-state index in [4.69, 9.17) is 16.3 Å². The van der Waals surface area contributed by atoms with Crippen molar-refractivity contribution in [3.05, 3.63) is 99.2 Å². The predicted octanol–water partition coefficient (Wildman–Crippen LogP) is 4.28. The lowest BCUT2D eigenvalue weighted by atomic mass is 10.0. The average molecular weight is 544 g/mol. The molecule has 190 valence electrons. The fourth-order valence-corrected chi connectivity index (χ4v) is 5.37. The van der Waals surface area contributed by atoms with Gasteiger partial charge in [0.25, 0.3) is 5.56 Å². The second-order valence-electron chi connectivity index (χ2n) is 8.18. The van der Waals surface area contributed by atoms with E-state index in [0.29, 0.717) is 18.7 Å². The number of aromatic nitrogens is 3. The Hall–Kier alpha value is -3.67. The zero-order valence-electron chi connectivity index (χ0n) is 19.5. The van der Waals surface area contributed by atoms with Gasteiger partial charge in [0, 0.05) is 60.3 Å². The number of halogens is 3. The number of nitrogens with zero attached hydrogens (tertiary/aromatic N) is 4. The van der Waals surface area contributed by atoms with Crippen LogP contribution in [0.2, 0.25) is 5.02 Å². The third-order valence-corrected chi connectivity index (χ3v) is 7.25. The quantitative estimate of drug-likeness (QED) is 0.392. The first kappa shape index (κ1) is 25.0. The standard InChI is InChI=1S/C25H20ClF2N5O3S/c1-36-23-12-19(16-9-17(26)11-18(27)10-16)20(28)13-22(23)33-21-5-8-32(14-15(21)3-4-24(33)34)37(35)31-25-29-6-2-7-30-25/h2-4,6-7,9-13H,5,8,14H2,1H3,(H,29,30,31). The van der Waals surface area contributed by atoms with Crippen molar-refractivity contribution >= 4 is 28.7 Å². The number of nitrogens with one attached hydrogen (secondary N) is 1. The fraction of sp³-hybridized carbons (Fsp3) is 0.160. The number of methoxy groups -OCH3 is 1. The molecule has 0 spiro atoms. The molecule has 2 aromatic carbocycles. The summed E-state index contributed by atoms with van der Waals surface area (Å²) in [5, 5.41) is 0.126. The maximum atomic E-state index is 15.3. The van der Waals surface area contributed by atoms with E-state index in [1.165, 1.54) is 54.4 Å². The summed E-state index contributed by atoms with van der Waals surface area (Å²) >= 11 is 4.34. The number of hydrogen-bond donors (Lipinski definition) is 1. The van der Waals surface area contributed by atoms with E-state index in [-0.39, 0.29) is 45.6 Å². The fourth-order valence-electron chi connectivity index (χ4n) is 4.25. The van der Waals surface area contributed by atoms with Gasteiger partial charge in [-0.2, -0.15) is 0 Å². The van der Waals surface area contributed by atoms with Gasteiger partial charge in [-0.3, -0.25) is 14.1 Å². The Morgan fingerprint density at radius 2 is 1.89 bits per heavy atom. The molecule has 8 nitrogen and oxygen atoms in total. The van der Waals surface area contributed by atoms with E-state index in [1.807, 2.05) is 0 Å². The predicted molar refractivity (Wildman–Crippen MR) is 137 cm³/mol. The lowest BCUT2D eigenvalue weighted by Crippen LogP contribution is -2.38. The van der Waals surface area contributed by atoms with Gasteiger partial charge in [-0.1, -0.05) is 17.7 Å². The Kier molecular flexibility index (Phi) is 7.00. The second kappa shape index (κ2) is 10.4. The average Bonchev–Trinajstić information content (AvgIpc) is 2.88. The SMILES string of the molecule is COc1cc(-c2cc(F)cc(Cl)c2)c(F)cc1-n1c2c(ccc1=O)CN(S(=O)Nc1ncccn1)CC2. The molecule has 4 aromatic rings. The van der Waals surface area contributed by atoms with Gasteiger partial charge in [-0.05, 0) is 41.5 Å². The topological polar surface area (TPSA) is 89.4 Å². The lowest BCUT2D eigenvalue weighted by Gasteiger charge is -2.29. The molecule has 2 aromatic heterocycles. The van der Waals surface area contributed by atoms with Crippen LogP contribution in [0.1, 0.15) is 11.3 Å². The Balaban J connectivity index is 1.51. The molecule has 1 aliphatic heterocycles. The Morgan fingerprint density at radius 3 is 2.62 bits per heavy atom. The van der Waals surface area contributed by atoms with Gasteiger partial charge >= 0.3 is 0 Å². The van der Waals surface area contributed by atoms with E-state index in [9.17, 15) is 13.4 Å². The number of fused-ring (bicyclic) bond motifs is 1. The molecule has 1 unspecified atom stereocenters. The Bertz CT molecular complexity index is 1550. The van der Waals surface area contributed by atoms with Crippen molar-refractivity contribution < 1.29 is 17.7 Å². The van der Waals surface area contributed by atoms with Gasteiger partial charge in [-0.15, -0.1) is 0 Å². The molecule has 0 bridgehead atoms. The van der Waals surface area contributed by atoms with E-state index < -0.39 is 22.8 Å². The van der Waals surface area contributed by atoms with Gasteiger partial charge in [0.05, 0.1) is 12.8 Å². The van der Waals surface area contributed by atoms with Gasteiger partial charge in [0.2, 0.25) is 5.95 Å². The van der Waals surface area contributed by atoms with Crippen LogP contribution in [0.5, 0.6) is 5.75 Å². The normalized spacial score (nSPS) is 14.2. The van der Waals surface area contributed by atoms with Crippen LogP contribution in [0.4, 0.5) is 14.7 Å². The largest absolute Gasteiger partial charge is 0.495 e. The minimum Gasteiger partial charge on any atom is -0.495 e. The monoisotopic (exact) mass is 543 g/mol. The van der Waals surface area contributed by atoms with Gasteiger partial charge in [0.1, 0.15) is 17.4 Å². The molecule has 0 amide bonds. The van der Waals surface area contributed by atoms with E-state index in [2.05, 4.69) is 14.7 Å². The van der Waals surface area contributed by atoms with Crippen LogP contribution in [0.3, 0.4) is 0 Å². The van der Waals surface area contributed by atoms with Crippen LogP contribution in [0, 0.1) is 11.6 Å². The molecule has 0 saturated carbocycles. The second-order valence-corrected chi connectivity index (χ2v) is 9.83. The number of benzene rings is 2. The Labute approximate surface area is 218 Å². The van der Waals surface area contributed by atoms with Crippen molar-refractivity contribution in [2.24, 2.45) is 0 Å². The summed E-state index contributed by atoms with van der Waals surface area (Å²) in [7, 11) is 1.40. The highest BCUT2D eigenvalue weighted by atomic mass is 35.5. The van der Waals surface area contributed by atoms with Crippen LogP contribution in [0.25, 0.3) is 16.8 Å². The van der Waals surface area contributed by atoms with Crippen molar-refractivity contribution in [2.45, 2.75) is 13.0 Å². The van der Waals surface area contributed by atoms with Crippen LogP contribution < -0.4 is 15.0 Å². The number of hydrogen-bond acceptors (Lipinski definition) is 5. The number of rotatable bonds is 6. The molecule has 3 heterocycles. The van der Waals surface area contributed by atoms with Crippen molar-refractivity contribution in [1.82, 2.24) is 18.8 Å². The molecule has 1 atom stereocenters. The van der Waals surface area contributed by atoms with Crippen molar-refractivity contribution in [2.75, 3.05) is 18.4 Å². The molecule has 0 fully saturated rings. The molecular formula is C25H20ClF2N5O3S. The maximum Gasteiger partial charge on any atom is 0.255 e. The van der Waals surface area contributed by atoms with Gasteiger partial charge in [0.15, 0.2) is 11.2 Å². The lowest BCUT2D eigenvalue weighted by molar-refractivity contribution is 0.403. The molecule has 37 heavy (non-hydrogen) atoms. The van der Waals surface area contributed by atoms with Gasteiger partial charge in [-0.25, -0.2) is 27.3 Å². The highest BCUT2D eigenvalue weighted by molar-refractivity contribution is 7.84. The molecule has 5 rings (SSSR count). The summed E-state index contributed by atoms with van der Waals surface area (Å²) in [5.74, 6) is -0.821. The summed E-state index contributed by atoms with van der Waals surface area (Å²) in [4.78, 5) is 21.0. The number of pyridine rings is 1. The molecular weight excluding hydrogens is 524 g/mol. The van der Waals surface area contributed by atoms with E-state index >= 15 is 4.39 Å². The summed E-state index contributed by atoms with van der Waals surface area (Å²) in [6, 6.07) is 11.0. The van der Waals surface area contributed by atoms with Crippen LogP contribution in [-0.4, -0.2) is 36.7 Å². The summed E-state index contributed by atoms with van der Waals surface area (Å²) < 4.78 is 53.4. The molecule has 1 N–H and O–H groups in total. The molecule has 0 saturated heterocycles. The van der Waals surface area contributed by atoms with Crippen molar-refractivity contribution in [1.29, 1.82) is 0 Å². The van der Waals surface area contributed by atoms with Crippen LogP contribution >= 0.6 is 11.6 Å². The molecule has 12 heteroatoms. The van der Waals surface area contributed by atoms with Gasteiger partial charge < -0.3 is 4.74 Å². The summed E-state index contributed by atoms with van der Waals surface area (Å²) in [6.07, 6.45) is 3.44. The van der Waals surface area contributed by atoms with E-state index in [1.54, 1.807) is 16.4 Å². The summed E-state index contributed by atoms with van der Waals surface area (Å²) in [5.41, 5.74) is 1.55. The zero-order valence-corrected chi connectivity index (χ0v) is 21.0. The first-order chi connectivity index (χ1) is 17.8. The molecule has 0 radical (unpaired) electrons. The highest BCUT2D eigenvalue weighted by Crippen LogP contribution is 2.35. The minimum absolute atomic E-state index is 0.0793. The maximum absolute atomic E-state index is 15.3. The summed E-state index contributed by atoms with van der Waals surface area (Å²) in [6.45, 7) is 0.625. The first-order valence-corrected chi connectivity index (χ1v) is 12.6. The van der Waals surface area contributed by atoms with Crippen molar-refractivity contribution in [3.8, 4) is 22.6 Å². The first-order valence-electron chi connectivity index (χ1n) is 11.1. The van der Waals surface area contributed by atoms with E-state index in [0.717, 1.165) is 11.6 Å². The van der Waals surface area contributed by atoms with Crippen molar-refractivity contribution in [3.63, 3.8) is 0 Å². The highest BCUT2D eigenvalue weighted by Gasteiger charge is 2.26. The number of ether oxygens (including phenoxy) is 1. The van der Waals surface area contributed by atoms with Crippen LogP contribution in [0.15, 0.2) is 65.7 Å².